The molecule has 5 heterocycles. The molecule has 2 fully saturated rings. The van der Waals surface area contributed by atoms with Crippen LogP contribution in [0.3, 0.4) is 0 Å². The summed E-state index contributed by atoms with van der Waals surface area (Å²) in [5.41, 5.74) is 2.76. The SMILES string of the molecule is CCc1nc2ccccc2n1-c1nc(N2CCOCC2)c2nc(C(CO)C3CCN(C(=O)OC(C)(C)C)CC3)n(C)c2n1. The molecule has 2 aliphatic heterocycles. The van der Waals surface area contributed by atoms with Crippen molar-refractivity contribution >= 4 is 34.1 Å². The number of rotatable bonds is 6. The lowest BCUT2D eigenvalue weighted by Crippen LogP contribution is -2.43. The smallest absolute Gasteiger partial charge is 0.410 e. The standard InChI is InChI=1S/C31H42N8O4/c1-6-24-32-22-9-7-8-10-23(22)39(24)29-34-27-25(28(35-29)37-15-17-42-18-16-37)33-26(36(27)5)21(19-40)20-11-13-38(14-12-20)30(41)43-31(2,3)4/h7-10,20-21,40H,6,11-19H2,1-5H3. The first-order valence-electron chi connectivity index (χ1n) is 15.3. The molecule has 230 valence electrons. The van der Waals surface area contributed by atoms with Crippen LogP contribution in [0.1, 0.15) is 58.1 Å². The van der Waals surface area contributed by atoms with Gasteiger partial charge in [0.25, 0.3) is 0 Å². The molecule has 0 aliphatic carbocycles. The molecule has 12 nitrogen and oxygen atoms in total. The topological polar surface area (TPSA) is 124 Å². The summed E-state index contributed by atoms with van der Waals surface area (Å²) in [5.74, 6) is 2.94. The Morgan fingerprint density at radius 2 is 1.79 bits per heavy atom. The molecule has 4 aromatic rings. The van der Waals surface area contributed by atoms with Crippen LogP contribution < -0.4 is 4.90 Å². The number of aliphatic hydroxyl groups excluding tert-OH is 1. The van der Waals surface area contributed by atoms with Crippen LogP contribution in [-0.2, 0) is 22.9 Å². The first-order valence-corrected chi connectivity index (χ1v) is 15.3. The second-order valence-electron chi connectivity index (χ2n) is 12.4. The average Bonchev–Trinajstić information content (AvgIpc) is 3.54. The van der Waals surface area contributed by atoms with Crippen molar-refractivity contribution in [3.63, 3.8) is 0 Å². The van der Waals surface area contributed by atoms with Crippen LogP contribution in [-0.4, -0.2) is 96.8 Å². The maximum Gasteiger partial charge on any atom is 0.410 e. The fourth-order valence-corrected chi connectivity index (χ4v) is 6.27. The zero-order chi connectivity index (χ0) is 30.3. The number of likely N-dealkylation sites (tertiary alicyclic amines) is 1. The molecule has 2 saturated heterocycles. The van der Waals surface area contributed by atoms with Crippen molar-refractivity contribution in [1.82, 2.24) is 34.0 Å². The zero-order valence-corrected chi connectivity index (χ0v) is 25.8. The zero-order valence-electron chi connectivity index (χ0n) is 25.8. The Balaban J connectivity index is 1.39. The van der Waals surface area contributed by atoms with Gasteiger partial charge in [-0.3, -0.25) is 4.57 Å². The molecule has 0 spiro atoms. The van der Waals surface area contributed by atoms with Crippen molar-refractivity contribution in [3.05, 3.63) is 35.9 Å². The number of para-hydroxylation sites is 2. The highest BCUT2D eigenvalue weighted by atomic mass is 16.6. The van der Waals surface area contributed by atoms with Crippen molar-refractivity contribution in [3.8, 4) is 5.95 Å². The van der Waals surface area contributed by atoms with Gasteiger partial charge in [0.15, 0.2) is 17.0 Å². The molecule has 1 atom stereocenters. The highest BCUT2D eigenvalue weighted by Crippen LogP contribution is 2.36. The summed E-state index contributed by atoms with van der Waals surface area (Å²) in [7, 11) is 1.97. The predicted octanol–water partition coefficient (Wildman–Crippen LogP) is 3.82. The molecule has 43 heavy (non-hydrogen) atoms. The summed E-state index contributed by atoms with van der Waals surface area (Å²) in [5, 5.41) is 10.7. The minimum atomic E-state index is -0.534. The van der Waals surface area contributed by atoms with Gasteiger partial charge in [-0.25, -0.2) is 14.8 Å². The summed E-state index contributed by atoms with van der Waals surface area (Å²) in [6.07, 6.45) is 1.95. The number of benzene rings is 1. The van der Waals surface area contributed by atoms with Gasteiger partial charge in [0.05, 0.1) is 30.9 Å². The lowest BCUT2D eigenvalue weighted by molar-refractivity contribution is 0.0163. The highest BCUT2D eigenvalue weighted by molar-refractivity contribution is 5.86. The van der Waals surface area contributed by atoms with E-state index >= 15 is 0 Å². The van der Waals surface area contributed by atoms with Gasteiger partial charge < -0.3 is 28.9 Å². The number of aryl methyl sites for hydroxylation is 2. The van der Waals surface area contributed by atoms with Gasteiger partial charge in [-0.05, 0) is 51.7 Å². The minimum Gasteiger partial charge on any atom is -0.444 e. The molecule has 1 N–H and O–H groups in total. The van der Waals surface area contributed by atoms with Crippen LogP contribution in [0.2, 0.25) is 0 Å². The second kappa shape index (κ2) is 11.7. The number of ether oxygens (including phenoxy) is 2. The Morgan fingerprint density at radius 1 is 1.07 bits per heavy atom. The molecule has 0 bridgehead atoms. The molecule has 1 amide bonds. The van der Waals surface area contributed by atoms with E-state index in [0.717, 1.165) is 53.3 Å². The average molecular weight is 591 g/mol. The van der Waals surface area contributed by atoms with Gasteiger partial charge in [-0.2, -0.15) is 9.97 Å². The second-order valence-corrected chi connectivity index (χ2v) is 12.4. The van der Waals surface area contributed by atoms with E-state index in [4.69, 9.17) is 29.4 Å². The monoisotopic (exact) mass is 590 g/mol. The van der Waals surface area contributed by atoms with E-state index in [9.17, 15) is 9.90 Å². The summed E-state index contributed by atoms with van der Waals surface area (Å²) in [4.78, 5) is 36.8. The molecule has 12 heteroatoms. The van der Waals surface area contributed by atoms with Crippen molar-refractivity contribution < 1.29 is 19.4 Å². The van der Waals surface area contributed by atoms with Crippen LogP contribution in [0.15, 0.2) is 24.3 Å². The van der Waals surface area contributed by atoms with Gasteiger partial charge in [0.2, 0.25) is 5.95 Å². The number of carbonyl (C=O) groups excluding carboxylic acids is 1. The van der Waals surface area contributed by atoms with E-state index in [1.54, 1.807) is 4.90 Å². The third-order valence-corrected chi connectivity index (χ3v) is 8.47. The fourth-order valence-electron chi connectivity index (χ4n) is 6.27. The third kappa shape index (κ3) is 5.65. The first kappa shape index (κ1) is 29.3. The fraction of sp³-hybridized carbons (Fsp3) is 0.581. The maximum atomic E-state index is 12.6. The van der Waals surface area contributed by atoms with E-state index in [2.05, 4.69) is 11.8 Å². The van der Waals surface area contributed by atoms with Crippen molar-refractivity contribution in [1.29, 1.82) is 0 Å². The molecule has 0 radical (unpaired) electrons. The Kier molecular flexibility index (Phi) is 7.99. The quantitative estimate of drug-likeness (QED) is 0.357. The van der Waals surface area contributed by atoms with Gasteiger partial charge >= 0.3 is 6.09 Å². The number of fused-ring (bicyclic) bond motifs is 2. The van der Waals surface area contributed by atoms with Crippen LogP contribution >= 0.6 is 0 Å². The van der Waals surface area contributed by atoms with E-state index in [0.29, 0.717) is 51.0 Å². The molecular formula is C31H42N8O4. The Labute approximate surface area is 251 Å². The first-order chi connectivity index (χ1) is 20.7. The lowest BCUT2D eigenvalue weighted by atomic mass is 9.84. The van der Waals surface area contributed by atoms with Crippen molar-refractivity contribution in [2.45, 2.75) is 58.5 Å². The van der Waals surface area contributed by atoms with Gasteiger partial charge in [-0.15, -0.1) is 0 Å². The number of anilines is 1. The number of hydrogen-bond acceptors (Lipinski definition) is 9. The number of imidazole rings is 2. The molecular weight excluding hydrogens is 548 g/mol. The van der Waals surface area contributed by atoms with Crippen LogP contribution in [0.4, 0.5) is 10.6 Å². The van der Waals surface area contributed by atoms with E-state index in [1.165, 1.54) is 0 Å². The van der Waals surface area contributed by atoms with Gasteiger partial charge in [-0.1, -0.05) is 19.1 Å². The molecule has 2 aliphatic rings. The number of amides is 1. The summed E-state index contributed by atoms with van der Waals surface area (Å²) >= 11 is 0. The normalized spacial score (nSPS) is 17.6. The number of nitrogens with zero attached hydrogens (tertiary/aromatic N) is 8. The molecule has 3 aromatic heterocycles. The minimum absolute atomic E-state index is 0.0480. The van der Waals surface area contributed by atoms with Gasteiger partial charge in [0, 0.05) is 45.6 Å². The highest BCUT2D eigenvalue weighted by Gasteiger charge is 2.34. The van der Waals surface area contributed by atoms with E-state index < -0.39 is 5.60 Å². The number of aliphatic hydroxyl groups is 1. The number of carbonyl (C=O) groups is 1. The summed E-state index contributed by atoms with van der Waals surface area (Å²) in [6, 6.07) is 8.05. The number of hydrogen-bond donors (Lipinski definition) is 1. The van der Waals surface area contributed by atoms with Crippen LogP contribution in [0.25, 0.3) is 28.1 Å². The Morgan fingerprint density at radius 3 is 2.47 bits per heavy atom. The number of piperidine rings is 1. The van der Waals surface area contributed by atoms with Crippen molar-refractivity contribution in [2.24, 2.45) is 13.0 Å². The van der Waals surface area contributed by atoms with Crippen LogP contribution in [0, 0.1) is 5.92 Å². The lowest BCUT2D eigenvalue weighted by Gasteiger charge is -2.36. The number of morpholine rings is 1. The van der Waals surface area contributed by atoms with E-state index in [-0.39, 0.29) is 24.5 Å². The molecule has 0 saturated carbocycles. The largest absolute Gasteiger partial charge is 0.444 e. The molecule has 6 rings (SSSR count). The summed E-state index contributed by atoms with van der Waals surface area (Å²) in [6.45, 7) is 11.5. The maximum absolute atomic E-state index is 12.6. The van der Waals surface area contributed by atoms with Crippen molar-refractivity contribution in [2.75, 3.05) is 50.9 Å². The predicted molar refractivity (Wildman–Crippen MR) is 164 cm³/mol. The van der Waals surface area contributed by atoms with Gasteiger partial charge in [0.1, 0.15) is 17.2 Å². The Bertz CT molecular complexity index is 1610. The molecule has 1 aromatic carbocycles. The Hall–Kier alpha value is -3.77. The third-order valence-electron chi connectivity index (χ3n) is 8.47. The van der Waals surface area contributed by atoms with Crippen LogP contribution in [0.5, 0.6) is 0 Å². The summed E-state index contributed by atoms with van der Waals surface area (Å²) < 4.78 is 15.3. The van der Waals surface area contributed by atoms with E-state index in [1.807, 2.05) is 61.2 Å². The number of aromatic nitrogens is 6. The molecule has 1 unspecified atom stereocenters.